The van der Waals surface area contributed by atoms with E-state index in [0.29, 0.717) is 5.41 Å². The summed E-state index contributed by atoms with van der Waals surface area (Å²) in [6, 6.07) is 0. The zero-order valence-corrected chi connectivity index (χ0v) is 20.7. The number of nitrogens with zero attached hydrogens (tertiary/aromatic N) is 2. The van der Waals surface area contributed by atoms with Crippen molar-refractivity contribution in [3.8, 4) is 0 Å². The van der Waals surface area contributed by atoms with Gasteiger partial charge in [-0.05, 0) is 117 Å². The zero-order chi connectivity index (χ0) is 21.6. The van der Waals surface area contributed by atoms with Crippen LogP contribution < -0.4 is 0 Å². The molecule has 4 aliphatic carbocycles. The third-order valence-corrected chi connectivity index (χ3v) is 10.9. The maximum atomic E-state index is 4.68. The van der Waals surface area contributed by atoms with E-state index in [1.54, 1.807) is 25.7 Å². The average Bonchev–Trinajstić information content (AvgIpc) is 3.12. The fraction of sp³-hybridized carbons (Fsp3) is 0.862. The molecule has 1 heterocycles. The second kappa shape index (κ2) is 8.79. The van der Waals surface area contributed by atoms with E-state index in [2.05, 4.69) is 30.7 Å². The molecule has 0 aliphatic heterocycles. The highest BCUT2D eigenvalue weighted by molar-refractivity contribution is 5.09. The van der Waals surface area contributed by atoms with E-state index in [4.69, 9.17) is 0 Å². The largest absolute Gasteiger partial charge is 0.258 e. The summed E-state index contributed by atoms with van der Waals surface area (Å²) < 4.78 is 0. The third kappa shape index (κ3) is 3.99. The Morgan fingerprint density at radius 3 is 2.58 bits per heavy atom. The first kappa shape index (κ1) is 21.9. The quantitative estimate of drug-likeness (QED) is 0.487. The highest BCUT2D eigenvalue weighted by Crippen LogP contribution is 2.65. The van der Waals surface area contributed by atoms with E-state index in [1.165, 1.54) is 50.6 Å². The standard InChI is InChI=1S/C29H46N2/c1-5-6-21-7-9-24-22(16-21)8-10-26-25(24)13-14-29(4)27(11-12-28(26)29)19(2)15-23-18-30-20(3)17-31-23/h17-19,21-22,24-28H,5-16H2,1-4H3/t19-,21-,22+,24-,25?,26+,27?,28?,29+/m0/s1. The van der Waals surface area contributed by atoms with Gasteiger partial charge in [-0.1, -0.05) is 40.0 Å². The Labute approximate surface area is 191 Å². The smallest absolute Gasteiger partial charge is 0.0589 e. The Morgan fingerprint density at radius 1 is 0.968 bits per heavy atom. The fourth-order valence-corrected chi connectivity index (χ4v) is 9.59. The molecular weight excluding hydrogens is 376 g/mol. The summed E-state index contributed by atoms with van der Waals surface area (Å²) in [5, 5.41) is 0. The van der Waals surface area contributed by atoms with Crippen molar-refractivity contribution >= 4 is 0 Å². The average molecular weight is 423 g/mol. The molecule has 0 aromatic carbocycles. The number of fused-ring (bicyclic) bond motifs is 5. The van der Waals surface area contributed by atoms with Gasteiger partial charge in [-0.25, -0.2) is 0 Å². The van der Waals surface area contributed by atoms with Crippen molar-refractivity contribution < 1.29 is 0 Å². The van der Waals surface area contributed by atoms with Crippen LogP contribution in [0, 0.1) is 59.7 Å². The predicted octanol–water partition coefficient (Wildman–Crippen LogP) is 7.65. The molecule has 4 aliphatic rings. The van der Waals surface area contributed by atoms with Crippen LogP contribution in [0.3, 0.4) is 0 Å². The number of aryl methyl sites for hydroxylation is 1. The molecule has 4 saturated carbocycles. The van der Waals surface area contributed by atoms with Gasteiger partial charge in [0.2, 0.25) is 0 Å². The van der Waals surface area contributed by atoms with Crippen LogP contribution in [0.15, 0.2) is 12.4 Å². The minimum atomic E-state index is 0.574. The summed E-state index contributed by atoms with van der Waals surface area (Å²) in [5.74, 6) is 7.91. The van der Waals surface area contributed by atoms with Gasteiger partial charge in [-0.2, -0.15) is 0 Å². The highest BCUT2D eigenvalue weighted by atomic mass is 14.8. The van der Waals surface area contributed by atoms with Crippen molar-refractivity contribution in [1.82, 2.24) is 9.97 Å². The third-order valence-electron chi connectivity index (χ3n) is 10.9. The predicted molar refractivity (Wildman–Crippen MR) is 129 cm³/mol. The van der Waals surface area contributed by atoms with Crippen molar-refractivity contribution in [1.29, 1.82) is 0 Å². The molecule has 1 aromatic rings. The molecule has 0 spiro atoms. The van der Waals surface area contributed by atoms with Gasteiger partial charge in [0, 0.05) is 12.4 Å². The van der Waals surface area contributed by atoms with Crippen LogP contribution in [0.4, 0.5) is 0 Å². The molecule has 0 amide bonds. The molecule has 2 nitrogen and oxygen atoms in total. The summed E-state index contributed by atoms with van der Waals surface area (Å²) in [6.45, 7) is 9.63. The Hall–Kier alpha value is -0.920. The van der Waals surface area contributed by atoms with Crippen molar-refractivity contribution in [2.45, 2.75) is 105 Å². The van der Waals surface area contributed by atoms with E-state index < -0.39 is 0 Å². The molecule has 4 fully saturated rings. The van der Waals surface area contributed by atoms with Gasteiger partial charge in [-0.3, -0.25) is 9.97 Å². The van der Waals surface area contributed by atoms with Crippen LogP contribution in [-0.4, -0.2) is 9.97 Å². The van der Waals surface area contributed by atoms with E-state index in [1.807, 2.05) is 19.3 Å². The van der Waals surface area contributed by atoms with E-state index in [-0.39, 0.29) is 0 Å². The van der Waals surface area contributed by atoms with Crippen LogP contribution in [-0.2, 0) is 6.42 Å². The van der Waals surface area contributed by atoms with Crippen LogP contribution in [0.2, 0.25) is 0 Å². The lowest BCUT2D eigenvalue weighted by molar-refractivity contribution is -0.0740. The second-order valence-corrected chi connectivity index (χ2v) is 12.5. The first-order valence-electron chi connectivity index (χ1n) is 13.8. The topological polar surface area (TPSA) is 25.8 Å². The summed E-state index contributed by atoms with van der Waals surface area (Å²) in [7, 11) is 0. The Balaban J connectivity index is 1.27. The van der Waals surface area contributed by atoms with Crippen molar-refractivity contribution in [3.63, 3.8) is 0 Å². The Kier molecular flexibility index (Phi) is 6.21. The molecule has 0 saturated heterocycles. The molecule has 0 bridgehead atoms. The monoisotopic (exact) mass is 422 g/mol. The van der Waals surface area contributed by atoms with Gasteiger partial charge in [0.15, 0.2) is 0 Å². The van der Waals surface area contributed by atoms with Crippen LogP contribution in [0.25, 0.3) is 0 Å². The zero-order valence-electron chi connectivity index (χ0n) is 20.7. The molecule has 3 unspecified atom stereocenters. The van der Waals surface area contributed by atoms with Crippen molar-refractivity contribution in [2.24, 2.45) is 52.8 Å². The van der Waals surface area contributed by atoms with Gasteiger partial charge < -0.3 is 0 Å². The Morgan fingerprint density at radius 2 is 1.81 bits per heavy atom. The number of hydrogen-bond donors (Lipinski definition) is 0. The van der Waals surface area contributed by atoms with Crippen molar-refractivity contribution in [3.05, 3.63) is 23.8 Å². The van der Waals surface area contributed by atoms with Gasteiger partial charge in [0.1, 0.15) is 0 Å². The van der Waals surface area contributed by atoms with Gasteiger partial charge in [0.25, 0.3) is 0 Å². The molecule has 5 rings (SSSR count). The maximum Gasteiger partial charge on any atom is 0.0589 e. The summed E-state index contributed by atoms with van der Waals surface area (Å²) in [5.41, 5.74) is 2.80. The first-order chi connectivity index (χ1) is 15.0. The van der Waals surface area contributed by atoms with E-state index in [9.17, 15) is 0 Å². The molecule has 172 valence electrons. The second-order valence-electron chi connectivity index (χ2n) is 12.5. The maximum absolute atomic E-state index is 4.68. The highest BCUT2D eigenvalue weighted by Gasteiger charge is 2.57. The van der Waals surface area contributed by atoms with Crippen LogP contribution in [0.5, 0.6) is 0 Å². The summed E-state index contributed by atoms with van der Waals surface area (Å²) in [4.78, 5) is 9.19. The van der Waals surface area contributed by atoms with E-state index in [0.717, 1.165) is 59.5 Å². The van der Waals surface area contributed by atoms with Gasteiger partial charge in [0.05, 0.1) is 11.4 Å². The summed E-state index contributed by atoms with van der Waals surface area (Å²) >= 11 is 0. The molecule has 9 atom stereocenters. The minimum Gasteiger partial charge on any atom is -0.258 e. The lowest BCUT2D eigenvalue weighted by atomic mass is 9.48. The lowest BCUT2D eigenvalue weighted by Gasteiger charge is -2.57. The van der Waals surface area contributed by atoms with Crippen LogP contribution in [0.1, 0.15) is 103 Å². The Bertz CT molecular complexity index is 742. The van der Waals surface area contributed by atoms with Crippen molar-refractivity contribution in [2.75, 3.05) is 0 Å². The number of hydrogen-bond acceptors (Lipinski definition) is 2. The number of aromatic nitrogens is 2. The SMILES string of the molecule is CCC[C@H]1CC[C@@H]2C3CC[C@@]4(C)C(CCC4[C@@H](C)Cc4cnc(C)cn4)[C@@H]3CC[C@@H]2C1. The van der Waals surface area contributed by atoms with Gasteiger partial charge in [-0.15, -0.1) is 0 Å². The number of rotatable bonds is 5. The molecule has 31 heavy (non-hydrogen) atoms. The fourth-order valence-electron chi connectivity index (χ4n) is 9.59. The molecule has 0 radical (unpaired) electrons. The summed E-state index contributed by atoms with van der Waals surface area (Å²) in [6.07, 6.45) is 21.7. The first-order valence-corrected chi connectivity index (χ1v) is 13.8. The normalized spacial score (nSPS) is 43.0. The van der Waals surface area contributed by atoms with E-state index >= 15 is 0 Å². The molecule has 1 aromatic heterocycles. The molecular formula is C29H46N2. The van der Waals surface area contributed by atoms with Gasteiger partial charge >= 0.3 is 0 Å². The lowest BCUT2D eigenvalue weighted by Crippen LogP contribution is -2.49. The molecule has 0 N–H and O–H groups in total. The minimum absolute atomic E-state index is 0.574. The molecule has 2 heteroatoms. The van der Waals surface area contributed by atoms with Crippen LogP contribution >= 0.6 is 0 Å².